The summed E-state index contributed by atoms with van der Waals surface area (Å²) in [5.74, 6) is 1.02. The highest BCUT2D eigenvalue weighted by Crippen LogP contribution is 2.28. The van der Waals surface area contributed by atoms with Gasteiger partial charge in [0.15, 0.2) is 0 Å². The van der Waals surface area contributed by atoms with E-state index in [1.54, 1.807) is 0 Å². The lowest BCUT2D eigenvalue weighted by Gasteiger charge is -2.35. The monoisotopic (exact) mass is 309 g/mol. The normalized spacial score (nSPS) is 28.1. The van der Waals surface area contributed by atoms with Crippen LogP contribution in [0.2, 0.25) is 0 Å². The van der Waals surface area contributed by atoms with E-state index in [-0.39, 0.29) is 0 Å². The average Bonchev–Trinajstić information content (AvgIpc) is 2.81. The molecule has 98 valence electrons. The first-order chi connectivity index (χ1) is 8.72. The summed E-state index contributed by atoms with van der Waals surface area (Å²) in [6.45, 7) is 4.60. The zero-order chi connectivity index (χ0) is 12.5. The molecule has 1 N–H and O–H groups in total. The number of aromatic nitrogens is 1. The van der Waals surface area contributed by atoms with Crippen LogP contribution in [-0.2, 0) is 0 Å². The van der Waals surface area contributed by atoms with Crippen LogP contribution in [0.3, 0.4) is 0 Å². The maximum atomic E-state index is 4.58. The van der Waals surface area contributed by atoms with Gasteiger partial charge in [-0.1, -0.05) is 0 Å². The van der Waals surface area contributed by atoms with Crippen LogP contribution >= 0.6 is 15.9 Å². The second-order valence-corrected chi connectivity index (χ2v) is 6.32. The molecule has 3 rings (SSSR count). The SMILES string of the molecule is Cc1nc(NC2CCN3CCCC3C2)ccc1Br. The molecule has 18 heavy (non-hydrogen) atoms. The Kier molecular flexibility index (Phi) is 3.57. The molecule has 1 aromatic heterocycles. The maximum absolute atomic E-state index is 4.58. The van der Waals surface area contributed by atoms with Crippen LogP contribution < -0.4 is 5.32 Å². The third kappa shape index (κ3) is 2.54. The van der Waals surface area contributed by atoms with Crippen molar-refractivity contribution in [3.63, 3.8) is 0 Å². The number of pyridine rings is 1. The third-order valence-corrected chi connectivity index (χ3v) is 5.03. The van der Waals surface area contributed by atoms with E-state index in [9.17, 15) is 0 Å². The van der Waals surface area contributed by atoms with E-state index in [1.807, 2.05) is 6.92 Å². The van der Waals surface area contributed by atoms with Crippen molar-refractivity contribution >= 4 is 21.7 Å². The molecule has 4 heteroatoms. The van der Waals surface area contributed by atoms with Crippen molar-refractivity contribution in [1.29, 1.82) is 0 Å². The van der Waals surface area contributed by atoms with E-state index in [0.717, 1.165) is 22.0 Å². The van der Waals surface area contributed by atoms with Gasteiger partial charge in [-0.15, -0.1) is 0 Å². The Balaban J connectivity index is 1.64. The maximum Gasteiger partial charge on any atom is 0.126 e. The smallest absolute Gasteiger partial charge is 0.126 e. The van der Waals surface area contributed by atoms with Crippen LogP contribution in [-0.4, -0.2) is 35.1 Å². The third-order valence-electron chi connectivity index (χ3n) is 4.19. The molecule has 2 aliphatic heterocycles. The standard InChI is InChI=1S/C14H20BrN3/c1-10-13(15)4-5-14(16-10)17-11-6-8-18-7-2-3-12(18)9-11/h4-5,11-12H,2-3,6-9H2,1H3,(H,16,17). The number of halogens is 1. The van der Waals surface area contributed by atoms with E-state index in [4.69, 9.17) is 0 Å². The second-order valence-electron chi connectivity index (χ2n) is 5.46. The number of anilines is 1. The molecular formula is C14H20BrN3. The zero-order valence-corrected chi connectivity index (χ0v) is 12.4. The fourth-order valence-corrected chi connectivity index (χ4v) is 3.41. The first-order valence-corrected chi connectivity index (χ1v) is 7.65. The zero-order valence-electron chi connectivity index (χ0n) is 10.8. The summed E-state index contributed by atoms with van der Waals surface area (Å²) >= 11 is 3.49. The molecule has 3 nitrogen and oxygen atoms in total. The molecule has 0 amide bonds. The summed E-state index contributed by atoms with van der Waals surface area (Å²) in [6, 6.07) is 5.55. The Morgan fingerprint density at radius 2 is 2.22 bits per heavy atom. The summed E-state index contributed by atoms with van der Waals surface area (Å²) < 4.78 is 1.08. The summed E-state index contributed by atoms with van der Waals surface area (Å²) in [5, 5.41) is 3.60. The first kappa shape index (κ1) is 12.4. The average molecular weight is 310 g/mol. The Hall–Kier alpha value is -0.610. The summed E-state index contributed by atoms with van der Waals surface area (Å²) in [6.07, 6.45) is 5.28. The van der Waals surface area contributed by atoms with Gasteiger partial charge >= 0.3 is 0 Å². The van der Waals surface area contributed by atoms with E-state index >= 15 is 0 Å². The molecule has 0 radical (unpaired) electrons. The Bertz CT molecular complexity index is 435. The number of nitrogens with zero attached hydrogens (tertiary/aromatic N) is 2. The Morgan fingerprint density at radius 1 is 1.33 bits per heavy atom. The van der Waals surface area contributed by atoms with Crippen LogP contribution in [0.5, 0.6) is 0 Å². The number of fused-ring (bicyclic) bond motifs is 1. The predicted molar refractivity (Wildman–Crippen MR) is 77.9 cm³/mol. The molecular weight excluding hydrogens is 290 g/mol. The second kappa shape index (κ2) is 5.17. The highest BCUT2D eigenvalue weighted by molar-refractivity contribution is 9.10. The molecule has 1 aromatic rings. The van der Waals surface area contributed by atoms with Crippen molar-refractivity contribution in [3.8, 4) is 0 Å². The molecule has 2 saturated heterocycles. The summed E-state index contributed by atoms with van der Waals surface area (Å²) in [7, 11) is 0. The minimum Gasteiger partial charge on any atom is -0.367 e. The van der Waals surface area contributed by atoms with Gasteiger partial charge in [0.2, 0.25) is 0 Å². The lowest BCUT2D eigenvalue weighted by molar-refractivity contribution is 0.188. The van der Waals surface area contributed by atoms with Crippen LogP contribution in [0.1, 0.15) is 31.4 Å². The molecule has 0 saturated carbocycles. The Morgan fingerprint density at radius 3 is 3.06 bits per heavy atom. The van der Waals surface area contributed by atoms with E-state index in [0.29, 0.717) is 6.04 Å². The van der Waals surface area contributed by atoms with Crippen LogP contribution in [0.15, 0.2) is 16.6 Å². The Labute approximate surface area is 117 Å². The highest BCUT2D eigenvalue weighted by atomic mass is 79.9. The van der Waals surface area contributed by atoms with Gasteiger partial charge in [-0.05, 0) is 67.2 Å². The highest BCUT2D eigenvalue weighted by Gasteiger charge is 2.31. The molecule has 2 atom stereocenters. The molecule has 3 heterocycles. The van der Waals surface area contributed by atoms with Crippen LogP contribution in [0.4, 0.5) is 5.82 Å². The fourth-order valence-electron chi connectivity index (χ4n) is 3.19. The number of hydrogen-bond acceptors (Lipinski definition) is 3. The molecule has 0 aromatic carbocycles. The number of piperidine rings is 1. The summed E-state index contributed by atoms with van der Waals surface area (Å²) in [4.78, 5) is 7.23. The molecule has 0 bridgehead atoms. The van der Waals surface area contributed by atoms with Crippen LogP contribution in [0.25, 0.3) is 0 Å². The number of hydrogen-bond donors (Lipinski definition) is 1. The van der Waals surface area contributed by atoms with E-state index in [2.05, 4.69) is 43.3 Å². The van der Waals surface area contributed by atoms with Crippen LogP contribution in [0, 0.1) is 6.92 Å². The van der Waals surface area contributed by atoms with Gasteiger partial charge in [0.05, 0.1) is 5.69 Å². The number of aryl methyl sites for hydroxylation is 1. The lowest BCUT2D eigenvalue weighted by Crippen LogP contribution is -2.42. The minimum atomic E-state index is 0.595. The predicted octanol–water partition coefficient (Wildman–Crippen LogP) is 3.19. The fraction of sp³-hybridized carbons (Fsp3) is 0.643. The van der Waals surface area contributed by atoms with Crippen molar-refractivity contribution < 1.29 is 0 Å². The van der Waals surface area contributed by atoms with Crippen molar-refractivity contribution in [2.24, 2.45) is 0 Å². The molecule has 2 unspecified atom stereocenters. The van der Waals surface area contributed by atoms with Gasteiger partial charge in [0, 0.05) is 23.1 Å². The van der Waals surface area contributed by atoms with E-state index in [1.165, 1.54) is 38.8 Å². The van der Waals surface area contributed by atoms with Gasteiger partial charge in [-0.3, -0.25) is 0 Å². The van der Waals surface area contributed by atoms with Crippen molar-refractivity contribution in [1.82, 2.24) is 9.88 Å². The number of rotatable bonds is 2. The van der Waals surface area contributed by atoms with Gasteiger partial charge in [0.25, 0.3) is 0 Å². The summed E-state index contributed by atoms with van der Waals surface area (Å²) in [5.41, 5.74) is 1.05. The van der Waals surface area contributed by atoms with Crippen molar-refractivity contribution in [2.75, 3.05) is 18.4 Å². The van der Waals surface area contributed by atoms with Gasteiger partial charge < -0.3 is 10.2 Å². The first-order valence-electron chi connectivity index (χ1n) is 6.86. The van der Waals surface area contributed by atoms with Gasteiger partial charge in [-0.2, -0.15) is 0 Å². The minimum absolute atomic E-state index is 0.595. The lowest BCUT2D eigenvalue weighted by atomic mass is 9.97. The molecule has 2 aliphatic rings. The van der Waals surface area contributed by atoms with Gasteiger partial charge in [0.1, 0.15) is 5.82 Å². The molecule has 2 fully saturated rings. The van der Waals surface area contributed by atoms with Crippen molar-refractivity contribution in [2.45, 2.75) is 44.7 Å². The number of nitrogens with one attached hydrogen (secondary N) is 1. The van der Waals surface area contributed by atoms with E-state index < -0.39 is 0 Å². The largest absolute Gasteiger partial charge is 0.367 e. The van der Waals surface area contributed by atoms with Crippen molar-refractivity contribution in [3.05, 3.63) is 22.3 Å². The quantitative estimate of drug-likeness (QED) is 0.909. The molecule has 0 spiro atoms. The van der Waals surface area contributed by atoms with Gasteiger partial charge in [-0.25, -0.2) is 4.98 Å². The molecule has 0 aliphatic carbocycles. The topological polar surface area (TPSA) is 28.2 Å².